The van der Waals surface area contributed by atoms with E-state index in [9.17, 15) is 4.79 Å². The van der Waals surface area contributed by atoms with Crippen LogP contribution in [0.1, 0.15) is 17.5 Å². The van der Waals surface area contributed by atoms with Gasteiger partial charge in [0.05, 0.1) is 0 Å². The molecule has 0 saturated heterocycles. The molecule has 0 fully saturated rings. The number of aromatic nitrogens is 3. The summed E-state index contributed by atoms with van der Waals surface area (Å²) >= 11 is 0. The number of carbonyl (C=O) groups excluding carboxylic acids is 1. The molecule has 0 atom stereocenters. The second-order valence-electron chi connectivity index (χ2n) is 2.95. The highest BCUT2D eigenvalue weighted by atomic mass is 16.2. The van der Waals surface area contributed by atoms with Crippen molar-refractivity contribution >= 4 is 5.91 Å². The standard InChI is InChI=1S/C8H12N4O/c1-6(2)4-12(3)8(13)7-9-5-10-11-7/h5H,1,4H2,2-3H3,(H,9,10,11). The Hall–Kier alpha value is -1.65. The number of hydrogen-bond donors (Lipinski definition) is 1. The van der Waals surface area contributed by atoms with Gasteiger partial charge in [0.2, 0.25) is 5.82 Å². The van der Waals surface area contributed by atoms with Crippen molar-refractivity contribution in [1.29, 1.82) is 0 Å². The number of nitrogens with one attached hydrogen (secondary N) is 1. The van der Waals surface area contributed by atoms with Gasteiger partial charge in [-0.2, -0.15) is 5.10 Å². The van der Waals surface area contributed by atoms with Crippen molar-refractivity contribution < 1.29 is 4.79 Å². The Bertz CT molecular complexity index is 304. The molecule has 0 aromatic carbocycles. The lowest BCUT2D eigenvalue weighted by Crippen LogP contribution is -2.29. The van der Waals surface area contributed by atoms with Crippen LogP contribution in [0.4, 0.5) is 0 Å². The van der Waals surface area contributed by atoms with Gasteiger partial charge in [0.25, 0.3) is 5.91 Å². The first-order valence-electron chi connectivity index (χ1n) is 3.86. The Kier molecular flexibility index (Phi) is 2.79. The molecule has 1 amide bonds. The Morgan fingerprint density at radius 3 is 2.92 bits per heavy atom. The lowest BCUT2D eigenvalue weighted by Gasteiger charge is -2.14. The van der Waals surface area contributed by atoms with Gasteiger partial charge in [-0.25, -0.2) is 4.98 Å². The third kappa shape index (κ3) is 2.40. The van der Waals surface area contributed by atoms with E-state index in [1.807, 2.05) is 6.92 Å². The second kappa shape index (κ2) is 3.84. The van der Waals surface area contributed by atoms with Gasteiger partial charge in [-0.15, -0.1) is 0 Å². The van der Waals surface area contributed by atoms with Gasteiger partial charge < -0.3 is 4.90 Å². The fourth-order valence-electron chi connectivity index (χ4n) is 0.966. The van der Waals surface area contributed by atoms with Gasteiger partial charge in [-0.1, -0.05) is 12.2 Å². The Morgan fingerprint density at radius 1 is 1.77 bits per heavy atom. The van der Waals surface area contributed by atoms with Crippen LogP contribution >= 0.6 is 0 Å². The van der Waals surface area contributed by atoms with Crippen LogP contribution in [0.2, 0.25) is 0 Å². The van der Waals surface area contributed by atoms with Crippen molar-refractivity contribution in [3.05, 3.63) is 24.3 Å². The summed E-state index contributed by atoms with van der Waals surface area (Å²) in [7, 11) is 1.69. The van der Waals surface area contributed by atoms with E-state index in [1.165, 1.54) is 11.2 Å². The molecule has 0 radical (unpaired) electrons. The summed E-state index contributed by atoms with van der Waals surface area (Å²) in [6, 6.07) is 0. The molecule has 0 aliphatic carbocycles. The molecule has 0 unspecified atom stereocenters. The molecule has 1 heterocycles. The number of aromatic amines is 1. The van der Waals surface area contributed by atoms with Crippen molar-refractivity contribution in [1.82, 2.24) is 20.1 Å². The number of nitrogens with zero attached hydrogens (tertiary/aromatic N) is 3. The van der Waals surface area contributed by atoms with Gasteiger partial charge >= 0.3 is 0 Å². The fraction of sp³-hybridized carbons (Fsp3) is 0.375. The van der Waals surface area contributed by atoms with Gasteiger partial charge in [0, 0.05) is 13.6 Å². The maximum absolute atomic E-state index is 11.5. The van der Waals surface area contributed by atoms with Crippen molar-refractivity contribution in [3.63, 3.8) is 0 Å². The van der Waals surface area contributed by atoms with Gasteiger partial charge in [-0.05, 0) is 6.92 Å². The predicted molar refractivity (Wildman–Crippen MR) is 48.2 cm³/mol. The Labute approximate surface area is 76.5 Å². The zero-order valence-corrected chi connectivity index (χ0v) is 7.74. The Balaban J connectivity index is 2.63. The molecular formula is C8H12N4O. The summed E-state index contributed by atoms with van der Waals surface area (Å²) in [4.78, 5) is 16.8. The van der Waals surface area contributed by atoms with E-state index in [1.54, 1.807) is 7.05 Å². The summed E-state index contributed by atoms with van der Waals surface area (Å²) in [6.45, 7) is 6.11. The highest BCUT2D eigenvalue weighted by Gasteiger charge is 2.13. The van der Waals surface area contributed by atoms with Crippen molar-refractivity contribution in [3.8, 4) is 0 Å². The maximum atomic E-state index is 11.5. The fourth-order valence-corrected chi connectivity index (χ4v) is 0.966. The molecule has 0 spiro atoms. The zero-order valence-electron chi connectivity index (χ0n) is 7.74. The van der Waals surface area contributed by atoms with Crippen LogP contribution in [0, 0.1) is 0 Å². The molecule has 1 N–H and O–H groups in total. The molecule has 70 valence electrons. The van der Waals surface area contributed by atoms with E-state index in [-0.39, 0.29) is 11.7 Å². The first kappa shape index (κ1) is 9.44. The van der Waals surface area contributed by atoms with E-state index in [4.69, 9.17) is 0 Å². The molecular weight excluding hydrogens is 168 g/mol. The number of amides is 1. The molecule has 5 heteroatoms. The van der Waals surface area contributed by atoms with Gasteiger partial charge in [-0.3, -0.25) is 9.89 Å². The SMILES string of the molecule is C=C(C)CN(C)C(=O)c1ncn[nH]1. The monoisotopic (exact) mass is 180 g/mol. The van der Waals surface area contributed by atoms with E-state index in [0.717, 1.165) is 5.57 Å². The molecule has 1 aromatic heterocycles. The minimum Gasteiger partial charge on any atom is -0.335 e. The molecule has 0 aliphatic heterocycles. The summed E-state index contributed by atoms with van der Waals surface area (Å²) in [5.74, 6) is 0.0734. The highest BCUT2D eigenvalue weighted by molar-refractivity contribution is 5.90. The molecule has 1 aromatic rings. The van der Waals surface area contributed by atoms with Gasteiger partial charge in [0.1, 0.15) is 6.33 Å². The molecule has 1 rings (SSSR count). The Morgan fingerprint density at radius 2 is 2.46 bits per heavy atom. The van der Waals surface area contributed by atoms with Crippen LogP contribution in [0.25, 0.3) is 0 Å². The quantitative estimate of drug-likeness (QED) is 0.687. The molecule has 0 bridgehead atoms. The van der Waals surface area contributed by atoms with Crippen LogP contribution in [0.5, 0.6) is 0 Å². The van der Waals surface area contributed by atoms with Crippen LogP contribution in [-0.2, 0) is 0 Å². The lowest BCUT2D eigenvalue weighted by atomic mass is 10.3. The number of H-pyrrole nitrogens is 1. The van der Waals surface area contributed by atoms with Crippen LogP contribution < -0.4 is 0 Å². The summed E-state index contributed by atoms with van der Waals surface area (Å²) in [5.41, 5.74) is 0.926. The highest BCUT2D eigenvalue weighted by Crippen LogP contribution is 1.98. The van der Waals surface area contributed by atoms with Gasteiger partial charge in [0.15, 0.2) is 0 Å². The largest absolute Gasteiger partial charge is 0.335 e. The summed E-state index contributed by atoms with van der Waals surface area (Å²) < 4.78 is 0. The second-order valence-corrected chi connectivity index (χ2v) is 2.95. The van der Waals surface area contributed by atoms with E-state index < -0.39 is 0 Å². The van der Waals surface area contributed by atoms with Crippen LogP contribution in [0.15, 0.2) is 18.5 Å². The number of carbonyl (C=O) groups is 1. The molecule has 5 nitrogen and oxygen atoms in total. The third-order valence-corrected chi connectivity index (χ3v) is 1.47. The number of likely N-dealkylation sites (N-methyl/N-ethyl adjacent to an activating group) is 1. The number of hydrogen-bond acceptors (Lipinski definition) is 3. The minimum atomic E-state index is -0.180. The average Bonchev–Trinajstić information content (AvgIpc) is 2.53. The first-order chi connectivity index (χ1) is 6.11. The van der Waals surface area contributed by atoms with E-state index in [0.29, 0.717) is 6.54 Å². The van der Waals surface area contributed by atoms with E-state index >= 15 is 0 Å². The smallest absolute Gasteiger partial charge is 0.291 e. The average molecular weight is 180 g/mol. The van der Waals surface area contributed by atoms with E-state index in [2.05, 4.69) is 21.8 Å². The zero-order chi connectivity index (χ0) is 9.84. The third-order valence-electron chi connectivity index (χ3n) is 1.47. The first-order valence-corrected chi connectivity index (χ1v) is 3.86. The van der Waals surface area contributed by atoms with Crippen molar-refractivity contribution in [2.75, 3.05) is 13.6 Å². The molecule has 13 heavy (non-hydrogen) atoms. The van der Waals surface area contributed by atoms with Crippen molar-refractivity contribution in [2.45, 2.75) is 6.92 Å². The van der Waals surface area contributed by atoms with Crippen LogP contribution in [-0.4, -0.2) is 39.6 Å². The molecule has 0 aliphatic rings. The van der Waals surface area contributed by atoms with Crippen molar-refractivity contribution in [2.24, 2.45) is 0 Å². The summed E-state index contributed by atoms with van der Waals surface area (Å²) in [6.07, 6.45) is 1.31. The minimum absolute atomic E-state index is 0.180. The maximum Gasteiger partial charge on any atom is 0.291 e. The topological polar surface area (TPSA) is 61.9 Å². The predicted octanol–water partition coefficient (Wildman–Crippen LogP) is 0.453. The summed E-state index contributed by atoms with van der Waals surface area (Å²) in [5, 5.41) is 6.11. The lowest BCUT2D eigenvalue weighted by molar-refractivity contribution is 0.0795. The molecule has 0 saturated carbocycles. The number of rotatable bonds is 3. The van der Waals surface area contributed by atoms with Crippen LogP contribution in [0.3, 0.4) is 0 Å². The normalized spacial score (nSPS) is 9.69.